The van der Waals surface area contributed by atoms with E-state index in [0.717, 1.165) is 24.9 Å². The summed E-state index contributed by atoms with van der Waals surface area (Å²) in [5.41, 5.74) is 7.99. The third kappa shape index (κ3) is 3.42. The summed E-state index contributed by atoms with van der Waals surface area (Å²) < 4.78 is 0. The quantitative estimate of drug-likeness (QED) is 0.743. The Hall–Kier alpha value is -1.26. The van der Waals surface area contributed by atoms with Crippen LogP contribution < -0.4 is 5.73 Å². The van der Waals surface area contributed by atoms with Gasteiger partial charge in [-0.1, -0.05) is 24.0 Å². The van der Waals surface area contributed by atoms with Crippen LogP contribution in [0.1, 0.15) is 30.4 Å². The first kappa shape index (κ1) is 10.3. The molecule has 1 fully saturated rings. The summed E-state index contributed by atoms with van der Waals surface area (Å²) in [6.45, 7) is 0.762. The van der Waals surface area contributed by atoms with Crippen LogP contribution in [0.5, 0.6) is 0 Å². The van der Waals surface area contributed by atoms with Gasteiger partial charge in [0.2, 0.25) is 0 Å². The zero-order valence-electron chi connectivity index (χ0n) is 9.00. The molecule has 0 heterocycles. The first-order valence-electron chi connectivity index (χ1n) is 5.69. The number of nitrogens with two attached hydrogens (primary N) is 1. The molecule has 1 aliphatic rings. The van der Waals surface area contributed by atoms with Gasteiger partial charge in [0, 0.05) is 11.5 Å². The van der Waals surface area contributed by atoms with Crippen LogP contribution in [0.3, 0.4) is 0 Å². The summed E-state index contributed by atoms with van der Waals surface area (Å²) in [5.74, 6) is 7.20. The molecule has 1 aliphatic carbocycles. The molecule has 15 heavy (non-hydrogen) atoms. The Kier molecular flexibility index (Phi) is 3.42. The van der Waals surface area contributed by atoms with Gasteiger partial charge in [-0.2, -0.15) is 0 Å². The SMILES string of the molecule is NCCCc1cccc(C#CC2CC2)c1. The summed E-state index contributed by atoms with van der Waals surface area (Å²) in [6.07, 6.45) is 4.70. The van der Waals surface area contributed by atoms with Gasteiger partial charge in [0.1, 0.15) is 0 Å². The fraction of sp³-hybridized carbons (Fsp3) is 0.429. The first-order chi connectivity index (χ1) is 7.38. The van der Waals surface area contributed by atoms with Gasteiger partial charge in [-0.05, 0) is 49.9 Å². The lowest BCUT2D eigenvalue weighted by molar-refractivity contribution is 0.832. The highest BCUT2D eigenvalue weighted by atomic mass is 14.5. The Bertz CT molecular complexity index is 380. The van der Waals surface area contributed by atoms with Gasteiger partial charge in [-0.25, -0.2) is 0 Å². The van der Waals surface area contributed by atoms with E-state index >= 15 is 0 Å². The normalized spacial score (nSPS) is 14.5. The van der Waals surface area contributed by atoms with Crippen molar-refractivity contribution in [2.75, 3.05) is 6.54 Å². The van der Waals surface area contributed by atoms with E-state index in [1.807, 2.05) is 0 Å². The maximum absolute atomic E-state index is 5.49. The molecule has 0 saturated heterocycles. The fourth-order valence-corrected chi connectivity index (χ4v) is 1.52. The number of aryl methyl sites for hydroxylation is 1. The lowest BCUT2D eigenvalue weighted by Crippen LogP contribution is -2.00. The third-order valence-electron chi connectivity index (χ3n) is 2.59. The lowest BCUT2D eigenvalue weighted by Gasteiger charge is -1.99. The molecular weight excluding hydrogens is 182 g/mol. The van der Waals surface area contributed by atoms with Gasteiger partial charge in [0.15, 0.2) is 0 Å². The first-order valence-corrected chi connectivity index (χ1v) is 5.69. The zero-order valence-corrected chi connectivity index (χ0v) is 9.00. The number of hydrogen-bond acceptors (Lipinski definition) is 1. The predicted molar refractivity (Wildman–Crippen MR) is 63.4 cm³/mol. The maximum Gasteiger partial charge on any atom is 0.0248 e. The van der Waals surface area contributed by atoms with E-state index in [9.17, 15) is 0 Å². The number of hydrogen-bond donors (Lipinski definition) is 1. The smallest absolute Gasteiger partial charge is 0.0248 e. The van der Waals surface area contributed by atoms with Gasteiger partial charge in [0.05, 0.1) is 0 Å². The second-order valence-electron chi connectivity index (χ2n) is 4.14. The van der Waals surface area contributed by atoms with Crippen molar-refractivity contribution in [2.24, 2.45) is 11.7 Å². The molecule has 2 rings (SSSR count). The Labute approximate surface area is 91.7 Å². The van der Waals surface area contributed by atoms with Crippen LogP contribution >= 0.6 is 0 Å². The van der Waals surface area contributed by atoms with E-state index in [0.29, 0.717) is 5.92 Å². The molecule has 2 N–H and O–H groups in total. The van der Waals surface area contributed by atoms with Crippen molar-refractivity contribution >= 4 is 0 Å². The number of benzene rings is 1. The number of rotatable bonds is 3. The third-order valence-corrected chi connectivity index (χ3v) is 2.59. The molecule has 0 radical (unpaired) electrons. The zero-order chi connectivity index (χ0) is 10.5. The van der Waals surface area contributed by atoms with E-state index in [-0.39, 0.29) is 0 Å². The summed E-state index contributed by atoms with van der Waals surface area (Å²) in [4.78, 5) is 0. The van der Waals surface area contributed by atoms with Crippen molar-refractivity contribution in [3.8, 4) is 11.8 Å². The van der Waals surface area contributed by atoms with Crippen LogP contribution in [-0.2, 0) is 6.42 Å². The molecule has 0 atom stereocenters. The van der Waals surface area contributed by atoms with Crippen LogP contribution in [0.4, 0.5) is 0 Å². The van der Waals surface area contributed by atoms with Crippen molar-refractivity contribution in [3.63, 3.8) is 0 Å². The highest BCUT2D eigenvalue weighted by Crippen LogP contribution is 2.27. The van der Waals surface area contributed by atoms with Crippen LogP contribution in [0.2, 0.25) is 0 Å². The molecule has 0 bridgehead atoms. The summed E-state index contributed by atoms with van der Waals surface area (Å²) in [6, 6.07) is 8.51. The molecule has 1 aromatic rings. The topological polar surface area (TPSA) is 26.0 Å². The highest BCUT2D eigenvalue weighted by Gasteiger charge is 2.17. The standard InChI is InChI=1S/C14H17N/c15-10-2-5-13-3-1-4-14(11-13)9-8-12-6-7-12/h1,3-4,11-12H,2,5-7,10,15H2. The Morgan fingerprint density at radius 1 is 1.33 bits per heavy atom. The molecule has 78 valence electrons. The highest BCUT2D eigenvalue weighted by molar-refractivity contribution is 5.38. The van der Waals surface area contributed by atoms with Crippen molar-refractivity contribution in [1.29, 1.82) is 0 Å². The average molecular weight is 199 g/mol. The Balaban J connectivity index is 2.01. The minimum absolute atomic E-state index is 0.678. The molecule has 0 spiro atoms. The molecule has 0 amide bonds. The fourth-order valence-electron chi connectivity index (χ4n) is 1.52. The minimum Gasteiger partial charge on any atom is -0.330 e. The molecule has 1 nitrogen and oxygen atoms in total. The summed E-state index contributed by atoms with van der Waals surface area (Å²) >= 11 is 0. The van der Waals surface area contributed by atoms with Crippen molar-refractivity contribution in [2.45, 2.75) is 25.7 Å². The van der Waals surface area contributed by atoms with Crippen molar-refractivity contribution < 1.29 is 0 Å². The monoisotopic (exact) mass is 199 g/mol. The second-order valence-corrected chi connectivity index (χ2v) is 4.14. The Morgan fingerprint density at radius 3 is 2.93 bits per heavy atom. The molecule has 0 aromatic heterocycles. The second kappa shape index (κ2) is 5.00. The van der Waals surface area contributed by atoms with Crippen LogP contribution in [0, 0.1) is 17.8 Å². The predicted octanol–water partition coefficient (Wildman–Crippen LogP) is 2.34. The van der Waals surface area contributed by atoms with Crippen molar-refractivity contribution in [3.05, 3.63) is 35.4 Å². The van der Waals surface area contributed by atoms with E-state index in [4.69, 9.17) is 5.73 Å². The molecule has 0 aliphatic heterocycles. The molecular formula is C14H17N. The maximum atomic E-state index is 5.49. The molecule has 1 heteroatoms. The van der Waals surface area contributed by atoms with Crippen molar-refractivity contribution in [1.82, 2.24) is 0 Å². The summed E-state index contributed by atoms with van der Waals surface area (Å²) in [5, 5.41) is 0. The van der Waals surface area contributed by atoms with Gasteiger partial charge >= 0.3 is 0 Å². The molecule has 1 saturated carbocycles. The molecule has 0 unspecified atom stereocenters. The largest absolute Gasteiger partial charge is 0.330 e. The van der Waals surface area contributed by atoms with E-state index in [1.54, 1.807) is 0 Å². The van der Waals surface area contributed by atoms with Crippen LogP contribution in [0.15, 0.2) is 24.3 Å². The van der Waals surface area contributed by atoms with Gasteiger partial charge in [-0.15, -0.1) is 0 Å². The van der Waals surface area contributed by atoms with Gasteiger partial charge < -0.3 is 5.73 Å². The van der Waals surface area contributed by atoms with E-state index < -0.39 is 0 Å². The average Bonchev–Trinajstić information content (AvgIpc) is 3.08. The summed E-state index contributed by atoms with van der Waals surface area (Å²) in [7, 11) is 0. The van der Waals surface area contributed by atoms with Crippen LogP contribution in [0.25, 0.3) is 0 Å². The van der Waals surface area contributed by atoms with Gasteiger partial charge in [0.25, 0.3) is 0 Å². The molecule has 1 aromatic carbocycles. The van der Waals surface area contributed by atoms with E-state index in [2.05, 4.69) is 36.1 Å². The van der Waals surface area contributed by atoms with Gasteiger partial charge in [-0.3, -0.25) is 0 Å². The minimum atomic E-state index is 0.678. The van der Waals surface area contributed by atoms with Crippen LogP contribution in [-0.4, -0.2) is 6.54 Å². The lowest BCUT2D eigenvalue weighted by atomic mass is 10.1. The Morgan fingerprint density at radius 2 is 2.20 bits per heavy atom. The van der Waals surface area contributed by atoms with E-state index in [1.165, 1.54) is 18.4 Å².